The first kappa shape index (κ1) is 10.2. The number of nitrogens with one attached hydrogen (secondary N) is 1. The van der Waals surface area contributed by atoms with E-state index in [2.05, 4.69) is 35.9 Å². The maximum absolute atomic E-state index is 5.67. The van der Waals surface area contributed by atoms with Crippen molar-refractivity contribution in [2.45, 2.75) is 0 Å². The number of aromatic nitrogens is 4. The van der Waals surface area contributed by atoms with Crippen LogP contribution in [0.2, 0.25) is 0 Å². The van der Waals surface area contributed by atoms with E-state index in [0.29, 0.717) is 5.65 Å². The second kappa shape index (κ2) is 3.81. The predicted octanol–water partition coefficient (Wildman–Crippen LogP) is 2.36. The fraction of sp³-hybridized carbons (Fsp3) is 0. The van der Waals surface area contributed by atoms with Gasteiger partial charge in [0.05, 0.1) is 6.33 Å². The summed E-state index contributed by atoms with van der Waals surface area (Å²) in [6, 6.07) is 7.84. The van der Waals surface area contributed by atoms with Gasteiger partial charge in [0.15, 0.2) is 5.65 Å². The van der Waals surface area contributed by atoms with E-state index in [1.165, 1.54) is 0 Å². The number of nitrogens with zero attached hydrogens (tertiary/aromatic N) is 3. The Hall–Kier alpha value is -1.95. The molecule has 6 heteroatoms. The SMILES string of the molecule is Nc1nc(-c2cccc(Br)c2)c2[nH]cnc2n1. The van der Waals surface area contributed by atoms with Gasteiger partial charge in [-0.15, -0.1) is 0 Å². The highest BCUT2D eigenvalue weighted by atomic mass is 79.9. The van der Waals surface area contributed by atoms with Gasteiger partial charge in [-0.25, -0.2) is 9.97 Å². The van der Waals surface area contributed by atoms with Crippen molar-refractivity contribution in [2.24, 2.45) is 0 Å². The van der Waals surface area contributed by atoms with Gasteiger partial charge in [0.2, 0.25) is 5.95 Å². The fourth-order valence-electron chi connectivity index (χ4n) is 1.69. The van der Waals surface area contributed by atoms with E-state index in [0.717, 1.165) is 21.2 Å². The molecule has 1 aromatic carbocycles. The van der Waals surface area contributed by atoms with Gasteiger partial charge in [-0.2, -0.15) is 4.98 Å². The molecule has 0 bridgehead atoms. The van der Waals surface area contributed by atoms with Gasteiger partial charge in [0.1, 0.15) is 11.2 Å². The number of H-pyrrole nitrogens is 1. The summed E-state index contributed by atoms with van der Waals surface area (Å²) in [5.41, 5.74) is 8.75. The predicted molar refractivity (Wildman–Crippen MR) is 69.2 cm³/mol. The fourth-order valence-corrected chi connectivity index (χ4v) is 2.09. The van der Waals surface area contributed by atoms with E-state index in [4.69, 9.17) is 5.73 Å². The Labute approximate surface area is 105 Å². The molecule has 0 unspecified atom stereocenters. The number of halogens is 1. The third-order valence-electron chi connectivity index (χ3n) is 2.40. The van der Waals surface area contributed by atoms with Crippen molar-refractivity contribution in [1.29, 1.82) is 0 Å². The van der Waals surface area contributed by atoms with E-state index in [1.54, 1.807) is 6.33 Å². The number of aromatic amines is 1. The first-order valence-corrected chi connectivity index (χ1v) is 5.76. The molecule has 0 aliphatic rings. The number of benzene rings is 1. The molecule has 0 radical (unpaired) electrons. The monoisotopic (exact) mass is 289 g/mol. The number of imidazole rings is 1. The molecular weight excluding hydrogens is 282 g/mol. The zero-order valence-corrected chi connectivity index (χ0v) is 10.3. The van der Waals surface area contributed by atoms with Gasteiger partial charge < -0.3 is 10.7 Å². The van der Waals surface area contributed by atoms with Crippen molar-refractivity contribution in [3.05, 3.63) is 35.1 Å². The average Bonchev–Trinajstić information content (AvgIpc) is 2.75. The zero-order valence-electron chi connectivity index (χ0n) is 8.68. The summed E-state index contributed by atoms with van der Waals surface area (Å²) in [4.78, 5) is 15.4. The summed E-state index contributed by atoms with van der Waals surface area (Å²) in [6.45, 7) is 0. The van der Waals surface area contributed by atoms with E-state index in [1.807, 2.05) is 24.3 Å². The summed E-state index contributed by atoms with van der Waals surface area (Å²) in [6.07, 6.45) is 1.58. The molecule has 0 atom stereocenters. The molecule has 0 spiro atoms. The number of fused-ring (bicyclic) bond motifs is 1. The number of rotatable bonds is 1. The first-order chi connectivity index (χ1) is 8.24. The van der Waals surface area contributed by atoms with Crippen molar-refractivity contribution < 1.29 is 0 Å². The molecule has 3 rings (SSSR count). The lowest BCUT2D eigenvalue weighted by Gasteiger charge is -2.03. The van der Waals surface area contributed by atoms with Crippen molar-refractivity contribution >= 4 is 33.0 Å². The maximum Gasteiger partial charge on any atom is 0.222 e. The normalized spacial score (nSPS) is 10.9. The quantitative estimate of drug-likeness (QED) is 0.721. The lowest BCUT2D eigenvalue weighted by molar-refractivity contribution is 1.22. The van der Waals surface area contributed by atoms with Crippen molar-refractivity contribution in [3.63, 3.8) is 0 Å². The zero-order chi connectivity index (χ0) is 11.8. The Bertz CT molecular complexity index is 691. The number of hydrogen-bond donors (Lipinski definition) is 2. The highest BCUT2D eigenvalue weighted by Crippen LogP contribution is 2.26. The van der Waals surface area contributed by atoms with E-state index < -0.39 is 0 Å². The molecule has 2 heterocycles. The van der Waals surface area contributed by atoms with Gasteiger partial charge in [-0.05, 0) is 12.1 Å². The second-order valence-electron chi connectivity index (χ2n) is 3.54. The number of nitrogen functional groups attached to an aromatic ring is 1. The lowest BCUT2D eigenvalue weighted by atomic mass is 10.1. The van der Waals surface area contributed by atoms with Crippen LogP contribution in [0.3, 0.4) is 0 Å². The lowest BCUT2D eigenvalue weighted by Crippen LogP contribution is -1.97. The molecular formula is C11H8BrN5. The minimum absolute atomic E-state index is 0.222. The molecule has 3 N–H and O–H groups in total. The highest BCUT2D eigenvalue weighted by Gasteiger charge is 2.10. The largest absolute Gasteiger partial charge is 0.368 e. The van der Waals surface area contributed by atoms with Gasteiger partial charge in [-0.1, -0.05) is 28.1 Å². The molecule has 0 aliphatic heterocycles. The van der Waals surface area contributed by atoms with Crippen molar-refractivity contribution in [2.75, 3.05) is 5.73 Å². The molecule has 0 saturated carbocycles. The third-order valence-corrected chi connectivity index (χ3v) is 2.89. The molecule has 0 amide bonds. The summed E-state index contributed by atoms with van der Waals surface area (Å²) < 4.78 is 0.986. The molecule has 0 saturated heterocycles. The second-order valence-corrected chi connectivity index (χ2v) is 4.46. The molecule has 3 aromatic rings. The van der Waals surface area contributed by atoms with Crippen molar-refractivity contribution in [1.82, 2.24) is 19.9 Å². The van der Waals surface area contributed by atoms with Gasteiger partial charge >= 0.3 is 0 Å². The van der Waals surface area contributed by atoms with Crippen LogP contribution in [0, 0.1) is 0 Å². The molecule has 0 fully saturated rings. The van der Waals surface area contributed by atoms with Gasteiger partial charge in [0.25, 0.3) is 0 Å². The van der Waals surface area contributed by atoms with E-state index in [9.17, 15) is 0 Å². The maximum atomic E-state index is 5.67. The Morgan fingerprint density at radius 2 is 2.12 bits per heavy atom. The Morgan fingerprint density at radius 1 is 1.24 bits per heavy atom. The summed E-state index contributed by atoms with van der Waals surface area (Å²) >= 11 is 3.43. The van der Waals surface area contributed by atoms with Crippen LogP contribution in [0.4, 0.5) is 5.95 Å². The highest BCUT2D eigenvalue weighted by molar-refractivity contribution is 9.10. The number of hydrogen-bond acceptors (Lipinski definition) is 4. The molecule has 5 nitrogen and oxygen atoms in total. The van der Waals surface area contributed by atoms with Crippen LogP contribution in [0.15, 0.2) is 35.1 Å². The number of anilines is 1. The average molecular weight is 290 g/mol. The summed E-state index contributed by atoms with van der Waals surface area (Å²) in [5, 5.41) is 0. The molecule has 2 aromatic heterocycles. The smallest absolute Gasteiger partial charge is 0.222 e. The minimum atomic E-state index is 0.222. The van der Waals surface area contributed by atoms with Crippen LogP contribution in [0.1, 0.15) is 0 Å². The minimum Gasteiger partial charge on any atom is -0.368 e. The van der Waals surface area contributed by atoms with Crippen LogP contribution < -0.4 is 5.73 Å². The van der Waals surface area contributed by atoms with E-state index >= 15 is 0 Å². The van der Waals surface area contributed by atoms with Gasteiger partial charge in [0, 0.05) is 10.0 Å². The molecule has 0 aliphatic carbocycles. The van der Waals surface area contributed by atoms with Crippen LogP contribution in [-0.4, -0.2) is 19.9 Å². The van der Waals surface area contributed by atoms with Gasteiger partial charge in [-0.3, -0.25) is 0 Å². The van der Waals surface area contributed by atoms with Crippen LogP contribution in [0.25, 0.3) is 22.4 Å². The third kappa shape index (κ3) is 1.76. The number of nitrogens with two attached hydrogens (primary N) is 1. The van der Waals surface area contributed by atoms with E-state index in [-0.39, 0.29) is 5.95 Å². The summed E-state index contributed by atoms with van der Waals surface area (Å²) in [5.74, 6) is 0.222. The standard InChI is InChI=1S/C11H8BrN5/c12-7-3-1-2-6(4-7)8-9-10(15-5-14-9)17-11(13)16-8/h1-5H,(H3,13,14,15,16,17). The first-order valence-electron chi connectivity index (χ1n) is 4.96. The molecule has 17 heavy (non-hydrogen) atoms. The topological polar surface area (TPSA) is 80.5 Å². The van der Waals surface area contributed by atoms with Crippen LogP contribution in [0.5, 0.6) is 0 Å². The summed E-state index contributed by atoms with van der Waals surface area (Å²) in [7, 11) is 0. The Kier molecular flexibility index (Phi) is 2.29. The molecule has 84 valence electrons. The van der Waals surface area contributed by atoms with Crippen molar-refractivity contribution in [3.8, 4) is 11.3 Å². The van der Waals surface area contributed by atoms with Crippen LogP contribution in [-0.2, 0) is 0 Å². The Morgan fingerprint density at radius 3 is 2.94 bits per heavy atom. The van der Waals surface area contributed by atoms with Crippen LogP contribution >= 0.6 is 15.9 Å². The Balaban J connectivity index is 2.32.